The van der Waals surface area contributed by atoms with E-state index in [9.17, 15) is 24.0 Å². The smallest absolute Gasteiger partial charge is 0.247 e. The zero-order valence-electron chi connectivity index (χ0n) is 28.8. The first-order valence-corrected chi connectivity index (χ1v) is 16.8. The van der Waals surface area contributed by atoms with Crippen LogP contribution in [-0.2, 0) is 40.1 Å². The van der Waals surface area contributed by atoms with Crippen molar-refractivity contribution in [1.29, 1.82) is 0 Å². The molecule has 4 rings (SSSR count). The predicted octanol–water partition coefficient (Wildman–Crippen LogP) is -0.416. The lowest BCUT2D eigenvalue weighted by Crippen LogP contribution is -2.59. The van der Waals surface area contributed by atoms with Crippen molar-refractivity contribution in [1.82, 2.24) is 46.5 Å². The second-order valence-electron chi connectivity index (χ2n) is 12.6. The van der Waals surface area contributed by atoms with Gasteiger partial charge in [-0.05, 0) is 44.7 Å². The molecule has 5 amide bonds. The molecule has 268 valence electrons. The number of likely N-dealkylation sites (N-methyl/N-ethyl adjacent to an activating group) is 1. The number of methoxy groups -OCH3 is 1. The Morgan fingerprint density at radius 3 is 2.55 bits per heavy atom. The summed E-state index contributed by atoms with van der Waals surface area (Å²) in [5.41, 5.74) is 0.994. The first-order chi connectivity index (χ1) is 23.5. The molecule has 0 spiro atoms. The number of benzene rings is 1. The van der Waals surface area contributed by atoms with Crippen LogP contribution in [0.15, 0.2) is 36.5 Å². The Labute approximate surface area is 286 Å². The molecule has 0 saturated carbocycles. The maximum absolute atomic E-state index is 14.2. The van der Waals surface area contributed by atoms with Crippen molar-refractivity contribution in [3.05, 3.63) is 47.8 Å². The lowest BCUT2D eigenvalue weighted by atomic mass is 10.0. The van der Waals surface area contributed by atoms with Gasteiger partial charge in [0, 0.05) is 26.7 Å². The van der Waals surface area contributed by atoms with Crippen molar-refractivity contribution in [3.63, 3.8) is 0 Å². The first-order valence-electron chi connectivity index (χ1n) is 16.8. The van der Waals surface area contributed by atoms with Gasteiger partial charge in [-0.1, -0.05) is 49.4 Å². The second kappa shape index (κ2) is 17.8. The molecule has 6 atom stereocenters. The Morgan fingerprint density at radius 1 is 1.10 bits per heavy atom. The number of ether oxygens (including phenoxy) is 2. The van der Waals surface area contributed by atoms with Crippen LogP contribution in [0.25, 0.3) is 0 Å². The van der Waals surface area contributed by atoms with Crippen LogP contribution in [-0.4, -0.2) is 114 Å². The minimum Gasteiger partial charge on any atom is -0.383 e. The minimum absolute atomic E-state index is 0.0406. The number of likely N-dealkylation sites (tertiary alicyclic amines) is 1. The van der Waals surface area contributed by atoms with Crippen molar-refractivity contribution in [3.8, 4) is 0 Å². The third kappa shape index (κ3) is 9.61. The van der Waals surface area contributed by atoms with Crippen LogP contribution in [0.1, 0.15) is 63.4 Å². The van der Waals surface area contributed by atoms with Crippen LogP contribution >= 0.6 is 0 Å². The van der Waals surface area contributed by atoms with E-state index in [0.29, 0.717) is 43.7 Å². The molecule has 1 unspecified atom stereocenters. The van der Waals surface area contributed by atoms with Gasteiger partial charge in [-0.2, -0.15) is 0 Å². The number of carbonyl (C=O) groups excluding carboxylic acids is 5. The molecule has 16 nitrogen and oxygen atoms in total. The van der Waals surface area contributed by atoms with Gasteiger partial charge in [0.25, 0.3) is 0 Å². The van der Waals surface area contributed by atoms with Crippen molar-refractivity contribution in [2.24, 2.45) is 5.92 Å². The molecule has 0 aliphatic carbocycles. The largest absolute Gasteiger partial charge is 0.383 e. The summed E-state index contributed by atoms with van der Waals surface area (Å²) < 4.78 is 12.8. The summed E-state index contributed by atoms with van der Waals surface area (Å²) in [5.74, 6) is -2.34. The molecular weight excluding hydrogens is 634 g/mol. The van der Waals surface area contributed by atoms with Crippen molar-refractivity contribution >= 4 is 29.5 Å². The Kier molecular flexibility index (Phi) is 13.6. The molecule has 1 fully saturated rings. The lowest BCUT2D eigenvalue weighted by Gasteiger charge is -2.33. The molecule has 2 bridgehead atoms. The van der Waals surface area contributed by atoms with E-state index in [1.807, 2.05) is 19.9 Å². The quantitative estimate of drug-likeness (QED) is 0.205. The zero-order valence-corrected chi connectivity index (χ0v) is 28.8. The number of nitrogens with one attached hydrogen (secondary N) is 5. The molecule has 2 aliphatic rings. The Hall–Kier alpha value is -4.41. The predicted molar refractivity (Wildman–Crippen MR) is 177 cm³/mol. The molecule has 1 aromatic carbocycles. The first kappa shape index (κ1) is 37.4. The lowest BCUT2D eigenvalue weighted by molar-refractivity contribution is -0.146. The van der Waals surface area contributed by atoms with Crippen molar-refractivity contribution < 1.29 is 33.4 Å². The van der Waals surface area contributed by atoms with Gasteiger partial charge in [0.05, 0.1) is 31.6 Å². The van der Waals surface area contributed by atoms with E-state index in [4.69, 9.17) is 9.47 Å². The molecule has 0 radical (unpaired) electrons. The van der Waals surface area contributed by atoms with E-state index in [2.05, 4.69) is 36.9 Å². The van der Waals surface area contributed by atoms with E-state index < -0.39 is 54.0 Å². The summed E-state index contributed by atoms with van der Waals surface area (Å²) in [4.78, 5) is 69.3. The summed E-state index contributed by atoms with van der Waals surface area (Å²) in [5, 5.41) is 22.7. The van der Waals surface area contributed by atoms with Gasteiger partial charge in [-0.3, -0.25) is 24.0 Å². The molecule has 1 aromatic heterocycles. The fourth-order valence-corrected chi connectivity index (χ4v) is 5.88. The van der Waals surface area contributed by atoms with Crippen LogP contribution < -0.4 is 26.6 Å². The second-order valence-corrected chi connectivity index (χ2v) is 12.6. The number of amides is 5. The Morgan fingerprint density at radius 2 is 1.86 bits per heavy atom. The van der Waals surface area contributed by atoms with Crippen LogP contribution in [0.4, 0.5) is 0 Å². The summed E-state index contributed by atoms with van der Waals surface area (Å²) >= 11 is 0. The van der Waals surface area contributed by atoms with E-state index in [-0.39, 0.29) is 37.4 Å². The molecule has 1 saturated heterocycles. The zero-order chi connectivity index (χ0) is 35.5. The van der Waals surface area contributed by atoms with Crippen molar-refractivity contribution in [2.45, 2.75) is 83.0 Å². The molecular formula is C33H49N9O7. The standard InChI is InChI=1S/C33H49N9O7/c1-20(2)26(37-29(43)21(3)34-4)33(47)41-16-13-25-28(41)32(46)38-27(22-10-7-6-8-11-22)31(45)35-14-9-12-24(30(44)36-15-17-48-5)42-18-23(19-49-25)39-40-42/h6-8,10-11,18,20-21,24-28,34H,9,12-17,19H2,1-5H3,(H,35,45)(H,36,44)(H,37,43)(H,38,46)/t21-,24-,25+,26-,27?,28-/m0/s1. The topological polar surface area (TPSA) is 198 Å². The Bertz CT molecular complexity index is 1440. The minimum atomic E-state index is -1.12. The third-order valence-corrected chi connectivity index (χ3v) is 8.82. The molecule has 5 N–H and O–H groups in total. The van der Waals surface area contributed by atoms with E-state index in [0.717, 1.165) is 0 Å². The van der Waals surface area contributed by atoms with E-state index >= 15 is 0 Å². The van der Waals surface area contributed by atoms with Gasteiger partial charge in [0.1, 0.15) is 29.9 Å². The highest BCUT2D eigenvalue weighted by Crippen LogP contribution is 2.26. The normalized spacial score (nSPS) is 23.2. The van der Waals surface area contributed by atoms with Gasteiger partial charge in [-0.25, -0.2) is 4.68 Å². The van der Waals surface area contributed by atoms with Gasteiger partial charge >= 0.3 is 0 Å². The van der Waals surface area contributed by atoms with Gasteiger partial charge in [0.15, 0.2) is 0 Å². The van der Waals surface area contributed by atoms with Crippen LogP contribution in [0.2, 0.25) is 0 Å². The van der Waals surface area contributed by atoms with Gasteiger partial charge in [-0.15, -0.1) is 5.10 Å². The molecule has 49 heavy (non-hydrogen) atoms. The van der Waals surface area contributed by atoms with Gasteiger partial charge in [0.2, 0.25) is 29.5 Å². The summed E-state index contributed by atoms with van der Waals surface area (Å²) in [6, 6.07) is 4.49. The molecule has 16 heteroatoms. The van der Waals surface area contributed by atoms with Crippen molar-refractivity contribution in [2.75, 3.05) is 40.4 Å². The molecule has 3 heterocycles. The average Bonchev–Trinajstić information content (AvgIpc) is 3.75. The fraction of sp³-hybridized carbons (Fsp3) is 0.606. The van der Waals surface area contributed by atoms with Crippen LogP contribution in [0.5, 0.6) is 0 Å². The number of rotatable bonds is 10. The number of nitrogens with zero attached hydrogens (tertiary/aromatic N) is 4. The SMILES string of the molecule is CN[C@@H](C)C(=O)N[C@H](C(=O)N1CC[C@H]2OCc3cn(nn3)[C@H](C(=O)NCCOC)CCCNC(=O)C(c3ccccc3)NC(=O)[C@H]21)C(C)C. The number of aromatic nitrogens is 3. The third-order valence-electron chi connectivity index (χ3n) is 8.82. The van der Waals surface area contributed by atoms with Crippen LogP contribution in [0, 0.1) is 5.92 Å². The highest BCUT2D eigenvalue weighted by molar-refractivity contribution is 5.96. The van der Waals surface area contributed by atoms with E-state index in [1.165, 1.54) is 9.58 Å². The van der Waals surface area contributed by atoms with Crippen LogP contribution in [0.3, 0.4) is 0 Å². The number of hydrogen-bond donors (Lipinski definition) is 5. The summed E-state index contributed by atoms with van der Waals surface area (Å²) in [6.07, 6.45) is 1.95. The Balaban J connectivity index is 1.66. The fourth-order valence-electron chi connectivity index (χ4n) is 5.88. The monoisotopic (exact) mass is 683 g/mol. The summed E-state index contributed by atoms with van der Waals surface area (Å²) in [6.45, 7) is 6.36. The number of fused-ring (bicyclic) bond motifs is 3. The average molecular weight is 684 g/mol. The van der Waals surface area contributed by atoms with Gasteiger partial charge < -0.3 is 41.0 Å². The molecule has 2 aliphatic heterocycles. The maximum atomic E-state index is 14.2. The maximum Gasteiger partial charge on any atom is 0.247 e. The highest BCUT2D eigenvalue weighted by Gasteiger charge is 2.46. The number of carbonyl (C=O) groups is 5. The van der Waals surface area contributed by atoms with E-state index in [1.54, 1.807) is 51.5 Å². The summed E-state index contributed by atoms with van der Waals surface area (Å²) in [7, 11) is 3.20. The molecule has 2 aromatic rings. The highest BCUT2D eigenvalue weighted by atomic mass is 16.5. The number of hydrogen-bond acceptors (Lipinski definition) is 10.